The molecule has 0 heteroatoms. The average Bonchev–Trinajstić information content (AvgIpc) is 3.74. The fourth-order valence-corrected chi connectivity index (χ4v) is 11.8. The quantitative estimate of drug-likeness (QED) is 0.156. The molecule has 14 rings (SSSR count). The first kappa shape index (κ1) is 30.2. The monoisotopic (exact) mass is 718 g/mol. The Hall–Kier alpha value is -7.02. The molecule has 0 unspecified atom stereocenters. The normalized spacial score (nSPS) is 15.1. The maximum Gasteiger partial charge on any atom is 0.0725 e. The van der Waals surface area contributed by atoms with Crippen molar-refractivity contribution < 1.29 is 0 Å². The maximum absolute atomic E-state index is 2.57. The van der Waals surface area contributed by atoms with Crippen LogP contribution in [-0.2, 0) is 11.8 Å². The molecule has 0 radical (unpaired) electrons. The van der Waals surface area contributed by atoms with Gasteiger partial charge in [0.05, 0.1) is 5.41 Å². The van der Waals surface area contributed by atoms with Crippen molar-refractivity contribution in [3.05, 3.63) is 215 Å². The third-order valence-corrected chi connectivity index (χ3v) is 14.1. The van der Waals surface area contributed by atoms with E-state index in [1.807, 2.05) is 0 Å². The van der Waals surface area contributed by atoms with Gasteiger partial charge in [-0.15, -0.1) is 0 Å². The van der Waals surface area contributed by atoms with Crippen LogP contribution in [0.1, 0.15) is 45.4 Å². The van der Waals surface area contributed by atoms with Gasteiger partial charge in [0.25, 0.3) is 0 Å². The van der Waals surface area contributed by atoms with Crippen LogP contribution in [0.15, 0.2) is 176 Å². The van der Waals surface area contributed by atoms with E-state index in [9.17, 15) is 0 Å². The van der Waals surface area contributed by atoms with Gasteiger partial charge in [0, 0.05) is 0 Å². The molecule has 0 aromatic heterocycles. The lowest BCUT2D eigenvalue weighted by atomic mass is 9.69. The van der Waals surface area contributed by atoms with Gasteiger partial charge in [-0.3, -0.25) is 0 Å². The van der Waals surface area contributed by atoms with E-state index < -0.39 is 5.41 Å². The zero-order chi connectivity index (χ0) is 37.0. The van der Waals surface area contributed by atoms with E-state index in [4.69, 9.17) is 0 Å². The number of benzene rings is 10. The summed E-state index contributed by atoms with van der Waals surface area (Å²) in [5.41, 5.74) is 21.3. The van der Waals surface area contributed by atoms with Crippen LogP contribution in [0.4, 0.5) is 0 Å². The minimum absolute atomic E-state index is 0.446. The lowest BCUT2D eigenvalue weighted by molar-refractivity contribution is 0.794. The topological polar surface area (TPSA) is 0 Å². The molecule has 0 aliphatic heterocycles. The third-order valence-electron chi connectivity index (χ3n) is 14.1. The first-order valence-corrected chi connectivity index (χ1v) is 20.4. The Kier molecular flexibility index (Phi) is 5.64. The molecule has 262 valence electrons. The molecule has 0 nitrogen and oxygen atoms in total. The summed E-state index contributed by atoms with van der Waals surface area (Å²) in [5, 5.41) is 10.7. The minimum atomic E-state index is -0.446. The van der Waals surface area contributed by atoms with Gasteiger partial charge in [0.2, 0.25) is 0 Å². The number of hydrogen-bond acceptors (Lipinski definition) is 0. The molecule has 4 aliphatic rings. The Bertz CT molecular complexity index is 3450. The molecule has 0 heterocycles. The molecule has 0 fully saturated rings. The molecule has 10 aromatic carbocycles. The SMILES string of the molecule is C1=Cc2ccc3ccc(-c4ccc5c(c4)C4(c6ccccc6-c6ccccc64)c4cc(-c6ccc7ccc8cccc9ccc6c7c89)ccc4-5)c4c3c2C(=CC4)C1. The molecule has 1 spiro atoms. The van der Waals surface area contributed by atoms with Gasteiger partial charge < -0.3 is 0 Å². The smallest absolute Gasteiger partial charge is 0.0725 e. The highest BCUT2D eigenvalue weighted by Gasteiger charge is 2.51. The standard InChI is InChI=1S/C57H34/c1-3-13-49-43(11-1)44-12-2-4-14-50(44)57(49)51-31-39(41-25-19-37-17-15-33-7-5-9-35-21-29-47(41)55(37)53(33)35)23-27-45(51)46-28-24-40(32-52(46)57)42-26-20-38-18-16-34-8-6-10-36-22-30-48(42)56(38)54(34)36/h1-9,11-29,31-32H,10,30H2. The van der Waals surface area contributed by atoms with Crippen LogP contribution < -0.4 is 0 Å². The van der Waals surface area contributed by atoms with Gasteiger partial charge in [-0.1, -0.05) is 170 Å². The molecule has 0 bridgehead atoms. The van der Waals surface area contributed by atoms with Gasteiger partial charge in [-0.05, 0) is 157 Å². The predicted octanol–water partition coefficient (Wildman–Crippen LogP) is 14.8. The molecule has 0 saturated heterocycles. The summed E-state index contributed by atoms with van der Waals surface area (Å²) < 4.78 is 0. The zero-order valence-electron chi connectivity index (χ0n) is 31.2. The first-order valence-electron chi connectivity index (χ1n) is 20.4. The van der Waals surface area contributed by atoms with Crippen LogP contribution in [0.5, 0.6) is 0 Å². The van der Waals surface area contributed by atoms with Gasteiger partial charge in [0.15, 0.2) is 0 Å². The largest absolute Gasteiger partial charge is 0.0795 e. The van der Waals surface area contributed by atoms with Crippen molar-refractivity contribution in [3.8, 4) is 44.5 Å². The summed E-state index contributed by atoms with van der Waals surface area (Å²) >= 11 is 0. The second kappa shape index (κ2) is 10.6. The van der Waals surface area contributed by atoms with Crippen molar-refractivity contribution >= 4 is 54.7 Å². The van der Waals surface area contributed by atoms with Crippen LogP contribution in [0.2, 0.25) is 0 Å². The molecule has 10 aromatic rings. The Morgan fingerprint density at radius 2 is 0.947 bits per heavy atom. The van der Waals surface area contributed by atoms with Crippen LogP contribution in [-0.4, -0.2) is 0 Å². The van der Waals surface area contributed by atoms with Gasteiger partial charge in [-0.2, -0.15) is 0 Å². The predicted molar refractivity (Wildman–Crippen MR) is 240 cm³/mol. The fraction of sp³-hybridized carbons (Fsp3) is 0.0526. The van der Waals surface area contributed by atoms with E-state index in [-0.39, 0.29) is 0 Å². The van der Waals surface area contributed by atoms with E-state index in [2.05, 4.69) is 182 Å². The first-order chi connectivity index (χ1) is 28.3. The summed E-state index contributed by atoms with van der Waals surface area (Å²) in [7, 11) is 0. The van der Waals surface area contributed by atoms with Gasteiger partial charge >= 0.3 is 0 Å². The lowest BCUT2D eigenvalue weighted by Crippen LogP contribution is -2.26. The summed E-state index contributed by atoms with van der Waals surface area (Å²) in [4.78, 5) is 0. The highest BCUT2D eigenvalue weighted by atomic mass is 14.5. The van der Waals surface area contributed by atoms with E-state index in [0.717, 1.165) is 12.8 Å². The Morgan fingerprint density at radius 1 is 0.386 bits per heavy atom. The van der Waals surface area contributed by atoms with Crippen LogP contribution in [0.25, 0.3) is 99.2 Å². The summed E-state index contributed by atoms with van der Waals surface area (Å²) in [6.07, 6.45) is 9.10. The number of rotatable bonds is 2. The van der Waals surface area contributed by atoms with Crippen molar-refractivity contribution in [2.24, 2.45) is 0 Å². The average molecular weight is 719 g/mol. The maximum atomic E-state index is 2.57. The van der Waals surface area contributed by atoms with Crippen molar-refractivity contribution in [1.29, 1.82) is 0 Å². The van der Waals surface area contributed by atoms with Crippen molar-refractivity contribution in [2.75, 3.05) is 0 Å². The molecular formula is C57H34. The second-order valence-electron chi connectivity index (χ2n) is 16.6. The molecule has 0 N–H and O–H groups in total. The van der Waals surface area contributed by atoms with Crippen molar-refractivity contribution in [1.82, 2.24) is 0 Å². The Morgan fingerprint density at radius 3 is 1.68 bits per heavy atom. The molecule has 0 amide bonds. The highest BCUT2D eigenvalue weighted by Crippen LogP contribution is 2.64. The molecule has 0 atom stereocenters. The minimum Gasteiger partial charge on any atom is -0.0795 e. The number of allylic oxidation sites excluding steroid dienone is 3. The van der Waals surface area contributed by atoms with E-state index >= 15 is 0 Å². The summed E-state index contributed by atoms with van der Waals surface area (Å²) in [6.45, 7) is 0. The third kappa shape index (κ3) is 3.70. The van der Waals surface area contributed by atoms with E-state index in [1.165, 1.54) is 132 Å². The van der Waals surface area contributed by atoms with E-state index in [1.54, 1.807) is 0 Å². The van der Waals surface area contributed by atoms with Crippen LogP contribution in [0, 0.1) is 0 Å². The van der Waals surface area contributed by atoms with E-state index in [0.29, 0.717) is 0 Å². The van der Waals surface area contributed by atoms with Gasteiger partial charge in [0.1, 0.15) is 0 Å². The fourth-order valence-electron chi connectivity index (χ4n) is 11.8. The Labute approximate surface area is 331 Å². The molecular weight excluding hydrogens is 685 g/mol. The molecule has 4 aliphatic carbocycles. The van der Waals surface area contributed by atoms with Crippen molar-refractivity contribution in [2.45, 2.75) is 18.3 Å². The number of hydrogen-bond donors (Lipinski definition) is 0. The van der Waals surface area contributed by atoms with Crippen LogP contribution in [0.3, 0.4) is 0 Å². The number of fused-ring (bicyclic) bond motifs is 10. The van der Waals surface area contributed by atoms with Gasteiger partial charge in [-0.25, -0.2) is 0 Å². The highest BCUT2D eigenvalue weighted by molar-refractivity contribution is 6.25. The second-order valence-corrected chi connectivity index (χ2v) is 16.6. The lowest BCUT2D eigenvalue weighted by Gasteiger charge is -2.31. The summed E-state index contributed by atoms with van der Waals surface area (Å²) in [5.74, 6) is 0. The molecule has 0 saturated carbocycles. The Balaban J connectivity index is 1.04. The zero-order valence-corrected chi connectivity index (χ0v) is 31.2. The summed E-state index contributed by atoms with van der Waals surface area (Å²) in [6, 6.07) is 63.1. The van der Waals surface area contributed by atoms with Crippen LogP contribution >= 0.6 is 0 Å². The molecule has 57 heavy (non-hydrogen) atoms. The van der Waals surface area contributed by atoms with Crippen molar-refractivity contribution in [3.63, 3.8) is 0 Å².